The molecule has 0 aromatic heterocycles. The molecule has 0 saturated carbocycles. The molecule has 1 heterocycles. The predicted molar refractivity (Wildman–Crippen MR) is 104 cm³/mol. The second-order valence-electron chi connectivity index (χ2n) is 7.11. The highest BCUT2D eigenvalue weighted by atomic mass is 16.5. The van der Waals surface area contributed by atoms with E-state index in [0.717, 1.165) is 31.9 Å². The Morgan fingerprint density at radius 3 is 2.36 bits per heavy atom. The fourth-order valence-corrected chi connectivity index (χ4v) is 3.67. The van der Waals surface area contributed by atoms with Gasteiger partial charge in [0.2, 0.25) is 0 Å². The molecule has 1 unspecified atom stereocenters. The number of nitrogens with zero attached hydrogens (tertiary/aromatic N) is 1. The number of hydrogen-bond acceptors (Lipinski definition) is 3. The number of hydrogen-bond donors (Lipinski definition) is 1. The molecule has 25 heavy (non-hydrogen) atoms. The van der Waals surface area contributed by atoms with E-state index in [1.807, 2.05) is 6.07 Å². The van der Waals surface area contributed by atoms with Crippen molar-refractivity contribution < 1.29 is 4.74 Å². The summed E-state index contributed by atoms with van der Waals surface area (Å²) in [6.45, 7) is 8.77. The monoisotopic (exact) mass is 338 g/mol. The summed E-state index contributed by atoms with van der Waals surface area (Å²) in [4.78, 5) is 2.59. The van der Waals surface area contributed by atoms with E-state index in [1.54, 1.807) is 7.11 Å². The van der Waals surface area contributed by atoms with Gasteiger partial charge in [0.25, 0.3) is 0 Å². The molecule has 1 N–H and O–H groups in total. The van der Waals surface area contributed by atoms with Crippen molar-refractivity contribution in [1.82, 2.24) is 10.2 Å². The molecule has 2 aromatic rings. The summed E-state index contributed by atoms with van der Waals surface area (Å²) in [5.74, 6) is 1.53. The molecule has 3 rings (SSSR count). The van der Waals surface area contributed by atoms with E-state index in [1.165, 1.54) is 23.1 Å². The third kappa shape index (κ3) is 4.23. The zero-order valence-corrected chi connectivity index (χ0v) is 15.7. The number of benzene rings is 2. The summed E-state index contributed by atoms with van der Waals surface area (Å²) < 4.78 is 5.69. The van der Waals surface area contributed by atoms with Gasteiger partial charge in [-0.1, -0.05) is 56.3 Å². The van der Waals surface area contributed by atoms with Gasteiger partial charge in [-0.05, 0) is 36.1 Å². The van der Waals surface area contributed by atoms with Crippen LogP contribution in [-0.2, 0) is 0 Å². The van der Waals surface area contributed by atoms with Gasteiger partial charge in [-0.2, -0.15) is 0 Å². The maximum absolute atomic E-state index is 5.69. The number of ether oxygens (including phenoxy) is 1. The lowest BCUT2D eigenvalue weighted by Gasteiger charge is -2.32. The largest absolute Gasteiger partial charge is 0.496 e. The van der Waals surface area contributed by atoms with Gasteiger partial charge in [-0.25, -0.2) is 0 Å². The molecule has 1 fully saturated rings. The first kappa shape index (κ1) is 18.0. The minimum atomic E-state index is 0.234. The predicted octanol–water partition coefficient (Wildman–Crippen LogP) is 4.20. The first-order valence-corrected chi connectivity index (χ1v) is 9.38. The Bertz CT molecular complexity index is 658. The molecule has 1 aliphatic heterocycles. The van der Waals surface area contributed by atoms with Crippen molar-refractivity contribution in [1.29, 1.82) is 0 Å². The van der Waals surface area contributed by atoms with Gasteiger partial charge < -0.3 is 10.1 Å². The fourth-order valence-electron chi connectivity index (χ4n) is 3.67. The SMILES string of the molecule is COc1ccccc1C(c1ccc(C(C)C)cc1)N1CCCNCC1. The summed E-state index contributed by atoms with van der Waals surface area (Å²) in [7, 11) is 1.77. The van der Waals surface area contributed by atoms with E-state index in [0.29, 0.717) is 5.92 Å². The van der Waals surface area contributed by atoms with E-state index in [2.05, 4.69) is 66.5 Å². The molecule has 0 radical (unpaired) electrons. The second-order valence-corrected chi connectivity index (χ2v) is 7.11. The maximum atomic E-state index is 5.69. The van der Waals surface area contributed by atoms with E-state index < -0.39 is 0 Å². The lowest BCUT2D eigenvalue weighted by Crippen LogP contribution is -2.33. The zero-order valence-electron chi connectivity index (χ0n) is 15.7. The van der Waals surface area contributed by atoms with Gasteiger partial charge in [0.05, 0.1) is 13.2 Å². The van der Waals surface area contributed by atoms with Crippen LogP contribution in [0.3, 0.4) is 0 Å². The molecule has 3 heteroatoms. The molecular formula is C22H30N2O. The van der Waals surface area contributed by atoms with Gasteiger partial charge in [-0.3, -0.25) is 4.90 Å². The Labute approximate surface area is 152 Å². The van der Waals surface area contributed by atoms with Crippen LogP contribution >= 0.6 is 0 Å². The van der Waals surface area contributed by atoms with Crippen molar-refractivity contribution in [2.45, 2.75) is 32.2 Å². The highest BCUT2D eigenvalue weighted by Gasteiger charge is 2.25. The third-order valence-corrected chi connectivity index (χ3v) is 5.09. The Hall–Kier alpha value is -1.84. The highest BCUT2D eigenvalue weighted by molar-refractivity contribution is 5.42. The Morgan fingerprint density at radius 1 is 0.920 bits per heavy atom. The third-order valence-electron chi connectivity index (χ3n) is 5.09. The summed E-state index contributed by atoms with van der Waals surface area (Å²) >= 11 is 0. The van der Waals surface area contributed by atoms with E-state index >= 15 is 0 Å². The van der Waals surface area contributed by atoms with Crippen LogP contribution in [0.15, 0.2) is 48.5 Å². The maximum Gasteiger partial charge on any atom is 0.123 e. The molecule has 0 bridgehead atoms. The van der Waals surface area contributed by atoms with Crippen LogP contribution in [0.4, 0.5) is 0 Å². The lowest BCUT2D eigenvalue weighted by atomic mass is 9.93. The molecular weight excluding hydrogens is 308 g/mol. The molecule has 2 aromatic carbocycles. The highest BCUT2D eigenvalue weighted by Crippen LogP contribution is 2.35. The van der Waals surface area contributed by atoms with Crippen molar-refractivity contribution in [3.8, 4) is 5.75 Å². The Balaban J connectivity index is 2.01. The van der Waals surface area contributed by atoms with Crippen LogP contribution in [0.2, 0.25) is 0 Å². The van der Waals surface area contributed by atoms with Crippen molar-refractivity contribution in [3.05, 3.63) is 65.2 Å². The van der Waals surface area contributed by atoms with Gasteiger partial charge in [-0.15, -0.1) is 0 Å². The van der Waals surface area contributed by atoms with Gasteiger partial charge >= 0.3 is 0 Å². The first-order chi connectivity index (χ1) is 12.2. The van der Waals surface area contributed by atoms with E-state index in [4.69, 9.17) is 4.74 Å². The van der Waals surface area contributed by atoms with Crippen molar-refractivity contribution >= 4 is 0 Å². The Morgan fingerprint density at radius 2 is 1.64 bits per heavy atom. The van der Waals surface area contributed by atoms with Crippen LogP contribution in [0.5, 0.6) is 5.75 Å². The van der Waals surface area contributed by atoms with Crippen molar-refractivity contribution in [3.63, 3.8) is 0 Å². The van der Waals surface area contributed by atoms with Crippen LogP contribution in [0.25, 0.3) is 0 Å². The normalized spacial score (nSPS) is 17.3. The van der Waals surface area contributed by atoms with Gasteiger partial charge in [0, 0.05) is 25.2 Å². The first-order valence-electron chi connectivity index (χ1n) is 9.38. The van der Waals surface area contributed by atoms with E-state index in [-0.39, 0.29) is 6.04 Å². The fraction of sp³-hybridized carbons (Fsp3) is 0.455. The minimum absolute atomic E-state index is 0.234. The lowest BCUT2D eigenvalue weighted by molar-refractivity contribution is 0.236. The summed E-state index contributed by atoms with van der Waals surface area (Å²) in [6.07, 6.45) is 1.18. The minimum Gasteiger partial charge on any atom is -0.496 e. The standard InChI is InChI=1S/C22H30N2O/c1-17(2)18-9-11-19(12-10-18)22(24-15-6-13-23-14-16-24)20-7-4-5-8-21(20)25-3/h4-5,7-12,17,22-23H,6,13-16H2,1-3H3. The van der Waals surface area contributed by atoms with Crippen molar-refractivity contribution in [2.75, 3.05) is 33.3 Å². The van der Waals surface area contributed by atoms with Gasteiger partial charge in [0.1, 0.15) is 5.75 Å². The summed E-state index contributed by atoms with van der Waals surface area (Å²) in [5.41, 5.74) is 3.99. The smallest absolute Gasteiger partial charge is 0.123 e. The average molecular weight is 338 g/mol. The Kier molecular flexibility index (Phi) is 6.11. The van der Waals surface area contributed by atoms with Crippen LogP contribution in [0, 0.1) is 0 Å². The molecule has 3 nitrogen and oxygen atoms in total. The number of methoxy groups -OCH3 is 1. The summed E-state index contributed by atoms with van der Waals surface area (Å²) in [5, 5.41) is 3.51. The quantitative estimate of drug-likeness (QED) is 0.884. The molecule has 0 amide bonds. The molecule has 0 aliphatic carbocycles. The molecule has 0 spiro atoms. The molecule has 1 atom stereocenters. The number of nitrogens with one attached hydrogen (secondary N) is 1. The number of rotatable bonds is 5. The average Bonchev–Trinajstić information content (AvgIpc) is 2.92. The van der Waals surface area contributed by atoms with Crippen LogP contribution in [-0.4, -0.2) is 38.2 Å². The second kappa shape index (κ2) is 8.50. The molecule has 1 saturated heterocycles. The number of para-hydroxylation sites is 1. The van der Waals surface area contributed by atoms with Crippen LogP contribution in [0.1, 0.15) is 48.9 Å². The van der Waals surface area contributed by atoms with Crippen LogP contribution < -0.4 is 10.1 Å². The van der Waals surface area contributed by atoms with Crippen molar-refractivity contribution in [2.24, 2.45) is 0 Å². The molecule has 1 aliphatic rings. The van der Waals surface area contributed by atoms with Gasteiger partial charge in [0.15, 0.2) is 0 Å². The zero-order chi connectivity index (χ0) is 17.6. The van der Waals surface area contributed by atoms with E-state index in [9.17, 15) is 0 Å². The topological polar surface area (TPSA) is 24.5 Å². The molecule has 134 valence electrons. The summed E-state index contributed by atoms with van der Waals surface area (Å²) in [6, 6.07) is 17.8.